The maximum absolute atomic E-state index is 11.9. The Hall–Kier alpha value is -1.43. The van der Waals surface area contributed by atoms with Crippen LogP contribution in [0.3, 0.4) is 0 Å². The van der Waals surface area contributed by atoms with Crippen LogP contribution in [-0.2, 0) is 6.54 Å². The zero-order chi connectivity index (χ0) is 11.9. The fraction of sp³-hybridized carbons (Fsp3) is 0.300. The Labute approximate surface area is 100 Å². The van der Waals surface area contributed by atoms with E-state index in [2.05, 4.69) is 25.9 Å². The van der Waals surface area contributed by atoms with Gasteiger partial charge in [0.15, 0.2) is 0 Å². The third kappa shape index (κ3) is 1.59. The number of pyridine rings is 1. The highest BCUT2D eigenvalue weighted by atomic mass is 79.9. The average molecular weight is 283 g/mol. The van der Waals surface area contributed by atoms with E-state index in [1.165, 1.54) is 0 Å². The van der Waals surface area contributed by atoms with Gasteiger partial charge in [-0.3, -0.25) is 9.36 Å². The summed E-state index contributed by atoms with van der Waals surface area (Å²) in [5.41, 5.74) is 6.84. The van der Waals surface area contributed by atoms with Crippen LogP contribution in [0.5, 0.6) is 0 Å². The highest BCUT2D eigenvalue weighted by molar-refractivity contribution is 9.10. The first-order chi connectivity index (χ1) is 7.54. The largest absolute Gasteiger partial charge is 0.368 e. The Balaban J connectivity index is 3.02. The summed E-state index contributed by atoms with van der Waals surface area (Å²) in [6, 6.07) is 1.73. The molecule has 0 spiro atoms. The Morgan fingerprint density at radius 2 is 2.19 bits per heavy atom. The van der Waals surface area contributed by atoms with Crippen LogP contribution in [0.2, 0.25) is 0 Å². The van der Waals surface area contributed by atoms with E-state index < -0.39 is 0 Å². The van der Waals surface area contributed by atoms with Crippen molar-refractivity contribution < 1.29 is 0 Å². The molecule has 16 heavy (non-hydrogen) atoms. The molecule has 2 aromatic heterocycles. The zero-order valence-corrected chi connectivity index (χ0v) is 10.6. The second kappa shape index (κ2) is 3.86. The second-order valence-electron chi connectivity index (χ2n) is 3.45. The molecule has 0 saturated carbocycles. The Kier molecular flexibility index (Phi) is 2.67. The summed E-state index contributed by atoms with van der Waals surface area (Å²) in [6.45, 7) is 4.28. The van der Waals surface area contributed by atoms with Crippen molar-refractivity contribution in [3.05, 3.63) is 26.6 Å². The van der Waals surface area contributed by atoms with E-state index in [4.69, 9.17) is 5.73 Å². The van der Waals surface area contributed by atoms with Crippen molar-refractivity contribution >= 4 is 32.9 Å². The molecular formula is C10H11BrN4O. The molecule has 84 valence electrons. The van der Waals surface area contributed by atoms with Crippen molar-refractivity contribution in [3.8, 4) is 0 Å². The van der Waals surface area contributed by atoms with Gasteiger partial charge in [-0.1, -0.05) is 0 Å². The second-order valence-corrected chi connectivity index (χ2v) is 4.30. The Morgan fingerprint density at radius 3 is 2.81 bits per heavy atom. The molecule has 0 radical (unpaired) electrons. The molecule has 2 rings (SSSR count). The van der Waals surface area contributed by atoms with Gasteiger partial charge in [0.25, 0.3) is 5.56 Å². The molecule has 0 aromatic carbocycles. The molecule has 0 saturated heterocycles. The standard InChI is InChI=1S/C10H11BrN4O/c1-3-15-8-6(4-7(11)9(15)16)5(2)13-10(12)14-8/h4H,3H2,1-2H3,(H2,12,13,14). The number of aryl methyl sites for hydroxylation is 2. The van der Waals surface area contributed by atoms with Gasteiger partial charge in [0, 0.05) is 11.9 Å². The highest BCUT2D eigenvalue weighted by Gasteiger charge is 2.10. The van der Waals surface area contributed by atoms with Crippen LogP contribution in [0.15, 0.2) is 15.3 Å². The van der Waals surface area contributed by atoms with Gasteiger partial charge in [0.05, 0.1) is 10.2 Å². The number of nitrogens with two attached hydrogens (primary N) is 1. The van der Waals surface area contributed by atoms with Gasteiger partial charge >= 0.3 is 0 Å². The van der Waals surface area contributed by atoms with Crippen LogP contribution in [-0.4, -0.2) is 14.5 Å². The van der Waals surface area contributed by atoms with Gasteiger partial charge < -0.3 is 5.73 Å². The van der Waals surface area contributed by atoms with E-state index in [1.807, 2.05) is 13.8 Å². The molecule has 2 aromatic rings. The first kappa shape index (κ1) is 11.1. The third-order valence-corrected chi connectivity index (χ3v) is 2.99. The summed E-state index contributed by atoms with van der Waals surface area (Å²) in [5.74, 6) is 0.189. The summed E-state index contributed by atoms with van der Waals surface area (Å²) in [7, 11) is 0. The lowest BCUT2D eigenvalue weighted by Crippen LogP contribution is -2.21. The monoisotopic (exact) mass is 282 g/mol. The van der Waals surface area contributed by atoms with E-state index >= 15 is 0 Å². The molecule has 0 unspecified atom stereocenters. The fourth-order valence-corrected chi connectivity index (χ4v) is 2.11. The minimum Gasteiger partial charge on any atom is -0.368 e. The number of nitrogens with zero attached hydrogens (tertiary/aromatic N) is 3. The quantitative estimate of drug-likeness (QED) is 0.860. The van der Waals surface area contributed by atoms with Crippen molar-refractivity contribution in [3.63, 3.8) is 0 Å². The predicted molar refractivity (Wildman–Crippen MR) is 66.3 cm³/mol. The lowest BCUT2D eigenvalue weighted by atomic mass is 10.2. The van der Waals surface area contributed by atoms with Crippen LogP contribution in [0.25, 0.3) is 11.0 Å². The minimum absolute atomic E-state index is 0.104. The average Bonchev–Trinajstić information content (AvgIpc) is 2.22. The van der Waals surface area contributed by atoms with E-state index in [0.29, 0.717) is 16.7 Å². The fourth-order valence-electron chi connectivity index (χ4n) is 1.67. The van der Waals surface area contributed by atoms with E-state index in [0.717, 1.165) is 11.1 Å². The summed E-state index contributed by atoms with van der Waals surface area (Å²) < 4.78 is 2.09. The molecule has 0 amide bonds. The van der Waals surface area contributed by atoms with Gasteiger partial charge in [-0.05, 0) is 35.8 Å². The van der Waals surface area contributed by atoms with Gasteiger partial charge in [0.1, 0.15) is 5.65 Å². The maximum atomic E-state index is 11.9. The van der Waals surface area contributed by atoms with Crippen LogP contribution in [0.4, 0.5) is 5.95 Å². The molecule has 5 nitrogen and oxygen atoms in total. The molecule has 2 N–H and O–H groups in total. The Bertz CT molecular complexity index is 620. The molecule has 0 bridgehead atoms. The number of halogens is 1. The predicted octanol–water partition coefficient (Wildman–Crippen LogP) is 1.46. The maximum Gasteiger partial charge on any atom is 0.266 e. The summed E-state index contributed by atoms with van der Waals surface area (Å²) in [4.78, 5) is 20.0. The van der Waals surface area contributed by atoms with Crippen LogP contribution in [0.1, 0.15) is 12.6 Å². The Morgan fingerprint density at radius 1 is 1.50 bits per heavy atom. The number of rotatable bonds is 1. The topological polar surface area (TPSA) is 73.8 Å². The molecule has 0 aliphatic rings. The number of anilines is 1. The number of aromatic nitrogens is 3. The minimum atomic E-state index is -0.104. The molecule has 0 atom stereocenters. The van der Waals surface area contributed by atoms with Crippen molar-refractivity contribution in [2.75, 3.05) is 5.73 Å². The zero-order valence-electron chi connectivity index (χ0n) is 8.99. The van der Waals surface area contributed by atoms with E-state index in [-0.39, 0.29) is 11.5 Å². The number of hydrogen-bond donors (Lipinski definition) is 1. The van der Waals surface area contributed by atoms with E-state index in [9.17, 15) is 4.79 Å². The van der Waals surface area contributed by atoms with Crippen molar-refractivity contribution in [1.82, 2.24) is 14.5 Å². The lowest BCUT2D eigenvalue weighted by molar-refractivity contribution is 0.745. The number of fused-ring (bicyclic) bond motifs is 1. The van der Waals surface area contributed by atoms with Crippen molar-refractivity contribution in [2.45, 2.75) is 20.4 Å². The molecule has 0 aliphatic carbocycles. The SMILES string of the molecule is CCn1c(=O)c(Br)cc2c(C)nc(N)nc21. The molecule has 0 aliphatic heterocycles. The van der Waals surface area contributed by atoms with Gasteiger partial charge in [0.2, 0.25) is 5.95 Å². The summed E-state index contributed by atoms with van der Waals surface area (Å²) >= 11 is 3.24. The first-order valence-corrected chi connectivity index (χ1v) is 5.67. The molecule has 2 heterocycles. The van der Waals surface area contributed by atoms with Gasteiger partial charge in [-0.25, -0.2) is 4.98 Å². The van der Waals surface area contributed by atoms with Crippen molar-refractivity contribution in [2.24, 2.45) is 0 Å². The van der Waals surface area contributed by atoms with Crippen molar-refractivity contribution in [1.29, 1.82) is 0 Å². The van der Waals surface area contributed by atoms with E-state index in [1.54, 1.807) is 10.6 Å². The van der Waals surface area contributed by atoms with Crippen LogP contribution < -0.4 is 11.3 Å². The first-order valence-electron chi connectivity index (χ1n) is 4.87. The van der Waals surface area contributed by atoms with Crippen LogP contribution in [0, 0.1) is 6.92 Å². The molecular weight excluding hydrogens is 272 g/mol. The highest BCUT2D eigenvalue weighted by Crippen LogP contribution is 2.18. The summed E-state index contributed by atoms with van der Waals surface area (Å²) in [5, 5.41) is 0.836. The number of hydrogen-bond acceptors (Lipinski definition) is 4. The molecule has 0 fully saturated rings. The smallest absolute Gasteiger partial charge is 0.266 e. The van der Waals surface area contributed by atoms with Gasteiger partial charge in [-0.15, -0.1) is 0 Å². The van der Waals surface area contributed by atoms with Crippen LogP contribution >= 0.6 is 15.9 Å². The normalized spacial score (nSPS) is 10.9. The number of nitrogen functional groups attached to an aromatic ring is 1. The summed E-state index contributed by atoms with van der Waals surface area (Å²) in [6.07, 6.45) is 0. The van der Waals surface area contributed by atoms with Gasteiger partial charge in [-0.2, -0.15) is 4.98 Å². The third-order valence-electron chi connectivity index (χ3n) is 2.43. The lowest BCUT2D eigenvalue weighted by Gasteiger charge is -2.09. The molecule has 6 heteroatoms.